The van der Waals surface area contributed by atoms with Gasteiger partial charge in [-0.3, -0.25) is 4.84 Å². The van der Waals surface area contributed by atoms with Gasteiger partial charge in [-0.15, -0.1) is 0 Å². The SMILES string of the molecule is CC(NOC(C)(C)C)c1ccccc1Cl. The van der Waals surface area contributed by atoms with Gasteiger partial charge in [0.2, 0.25) is 0 Å². The number of halogens is 1. The minimum atomic E-state index is -0.199. The van der Waals surface area contributed by atoms with Crippen LogP contribution < -0.4 is 5.48 Å². The van der Waals surface area contributed by atoms with E-state index in [9.17, 15) is 0 Å². The minimum absolute atomic E-state index is 0.0814. The summed E-state index contributed by atoms with van der Waals surface area (Å²) in [4.78, 5) is 5.49. The zero-order valence-electron chi connectivity index (χ0n) is 9.67. The molecule has 3 heteroatoms. The van der Waals surface area contributed by atoms with Gasteiger partial charge in [-0.2, -0.15) is 5.48 Å². The lowest BCUT2D eigenvalue weighted by Gasteiger charge is -2.23. The maximum Gasteiger partial charge on any atom is 0.0813 e. The predicted octanol–water partition coefficient (Wildman–Crippen LogP) is 3.72. The topological polar surface area (TPSA) is 21.3 Å². The van der Waals surface area contributed by atoms with Gasteiger partial charge in [0, 0.05) is 5.02 Å². The van der Waals surface area contributed by atoms with Crippen LogP contribution >= 0.6 is 11.6 Å². The first kappa shape index (κ1) is 12.5. The molecule has 1 atom stereocenters. The van der Waals surface area contributed by atoms with Gasteiger partial charge in [-0.05, 0) is 39.3 Å². The molecule has 15 heavy (non-hydrogen) atoms. The lowest BCUT2D eigenvalue weighted by Crippen LogP contribution is -2.31. The van der Waals surface area contributed by atoms with E-state index in [4.69, 9.17) is 16.4 Å². The second-order valence-corrected chi connectivity index (χ2v) is 4.98. The maximum atomic E-state index is 6.07. The van der Waals surface area contributed by atoms with Crippen molar-refractivity contribution in [3.05, 3.63) is 34.9 Å². The van der Waals surface area contributed by atoms with Crippen molar-refractivity contribution in [3.8, 4) is 0 Å². The molecular weight excluding hydrogens is 210 g/mol. The average Bonchev–Trinajstić information content (AvgIpc) is 2.14. The van der Waals surface area contributed by atoms with E-state index in [1.54, 1.807) is 0 Å². The second-order valence-electron chi connectivity index (χ2n) is 4.58. The third kappa shape index (κ3) is 4.20. The Balaban J connectivity index is 2.62. The summed E-state index contributed by atoms with van der Waals surface area (Å²) < 4.78 is 0. The molecule has 0 saturated carbocycles. The van der Waals surface area contributed by atoms with Gasteiger partial charge in [-0.1, -0.05) is 29.8 Å². The summed E-state index contributed by atoms with van der Waals surface area (Å²) in [5.41, 5.74) is 3.84. The monoisotopic (exact) mass is 227 g/mol. The fraction of sp³-hybridized carbons (Fsp3) is 0.500. The molecule has 0 amide bonds. The van der Waals surface area contributed by atoms with Crippen molar-refractivity contribution >= 4 is 11.6 Å². The summed E-state index contributed by atoms with van der Waals surface area (Å²) in [6.45, 7) is 8.02. The van der Waals surface area contributed by atoms with Gasteiger partial charge >= 0.3 is 0 Å². The smallest absolute Gasteiger partial charge is 0.0813 e. The van der Waals surface area contributed by atoms with Gasteiger partial charge in [0.05, 0.1) is 11.6 Å². The molecular formula is C12H18ClNO. The van der Waals surface area contributed by atoms with Crippen LogP contribution in [0.3, 0.4) is 0 Å². The molecule has 1 N–H and O–H groups in total. The Morgan fingerprint density at radius 2 is 1.87 bits per heavy atom. The Labute approximate surface area is 96.5 Å². The Hall–Kier alpha value is -0.570. The molecule has 84 valence electrons. The highest BCUT2D eigenvalue weighted by Crippen LogP contribution is 2.22. The fourth-order valence-corrected chi connectivity index (χ4v) is 1.45. The summed E-state index contributed by atoms with van der Waals surface area (Å²) in [5.74, 6) is 0. The predicted molar refractivity (Wildman–Crippen MR) is 63.8 cm³/mol. The van der Waals surface area contributed by atoms with E-state index in [-0.39, 0.29) is 11.6 Å². The molecule has 0 aromatic heterocycles. The Morgan fingerprint density at radius 3 is 2.40 bits per heavy atom. The van der Waals surface area contributed by atoms with Crippen LogP contribution in [0, 0.1) is 0 Å². The van der Waals surface area contributed by atoms with Crippen LogP contribution in [-0.2, 0) is 4.84 Å². The number of nitrogens with one attached hydrogen (secondary N) is 1. The second kappa shape index (κ2) is 4.97. The lowest BCUT2D eigenvalue weighted by atomic mass is 10.1. The van der Waals surface area contributed by atoms with Crippen molar-refractivity contribution in [2.75, 3.05) is 0 Å². The normalized spacial score (nSPS) is 13.9. The van der Waals surface area contributed by atoms with E-state index in [1.807, 2.05) is 52.0 Å². The standard InChI is InChI=1S/C12H18ClNO/c1-9(14-15-12(2,3)4)10-7-5-6-8-11(10)13/h5-9,14H,1-4H3. The fourth-order valence-electron chi connectivity index (χ4n) is 1.15. The average molecular weight is 228 g/mol. The number of hydrogen-bond acceptors (Lipinski definition) is 2. The molecule has 0 aliphatic rings. The van der Waals surface area contributed by atoms with E-state index >= 15 is 0 Å². The minimum Gasteiger partial charge on any atom is -0.296 e. The highest BCUT2D eigenvalue weighted by molar-refractivity contribution is 6.31. The molecule has 1 unspecified atom stereocenters. The highest BCUT2D eigenvalue weighted by atomic mass is 35.5. The molecule has 0 bridgehead atoms. The first-order valence-electron chi connectivity index (χ1n) is 5.08. The van der Waals surface area contributed by atoms with E-state index < -0.39 is 0 Å². The van der Waals surface area contributed by atoms with Gasteiger partial charge in [0.25, 0.3) is 0 Å². The molecule has 1 rings (SSSR count). The van der Waals surface area contributed by atoms with Gasteiger partial charge in [0.1, 0.15) is 0 Å². The molecule has 0 fully saturated rings. The molecule has 0 heterocycles. The quantitative estimate of drug-likeness (QED) is 0.795. The van der Waals surface area contributed by atoms with Gasteiger partial charge in [0.15, 0.2) is 0 Å². The Kier molecular flexibility index (Phi) is 4.14. The first-order valence-corrected chi connectivity index (χ1v) is 5.46. The first-order chi connectivity index (χ1) is 6.90. The third-order valence-corrected chi connectivity index (χ3v) is 2.26. The van der Waals surface area contributed by atoms with E-state index in [2.05, 4.69) is 5.48 Å². The Bertz CT molecular complexity index is 320. The summed E-state index contributed by atoms with van der Waals surface area (Å²) in [6, 6.07) is 7.84. The van der Waals surface area contributed by atoms with Crippen molar-refractivity contribution < 1.29 is 4.84 Å². The molecule has 0 aliphatic heterocycles. The van der Waals surface area contributed by atoms with Crippen molar-refractivity contribution in [1.29, 1.82) is 0 Å². The molecule has 0 aliphatic carbocycles. The molecule has 0 saturated heterocycles. The number of hydrogen-bond donors (Lipinski definition) is 1. The van der Waals surface area contributed by atoms with Crippen molar-refractivity contribution in [3.63, 3.8) is 0 Å². The zero-order chi connectivity index (χ0) is 11.5. The van der Waals surface area contributed by atoms with Crippen LogP contribution in [0.15, 0.2) is 24.3 Å². The van der Waals surface area contributed by atoms with Crippen LogP contribution in [0.2, 0.25) is 5.02 Å². The molecule has 0 spiro atoms. The molecule has 0 radical (unpaired) electrons. The van der Waals surface area contributed by atoms with Gasteiger partial charge < -0.3 is 0 Å². The largest absolute Gasteiger partial charge is 0.296 e. The zero-order valence-corrected chi connectivity index (χ0v) is 10.4. The summed E-state index contributed by atoms with van der Waals surface area (Å²) in [6.07, 6.45) is 0. The van der Waals surface area contributed by atoms with Crippen molar-refractivity contribution in [2.45, 2.75) is 39.3 Å². The van der Waals surface area contributed by atoms with E-state index in [1.165, 1.54) is 0 Å². The van der Waals surface area contributed by atoms with Crippen molar-refractivity contribution in [2.24, 2.45) is 0 Å². The number of benzene rings is 1. The van der Waals surface area contributed by atoms with Crippen LogP contribution in [0.1, 0.15) is 39.3 Å². The summed E-state index contributed by atoms with van der Waals surface area (Å²) >= 11 is 6.07. The van der Waals surface area contributed by atoms with Crippen LogP contribution in [0.4, 0.5) is 0 Å². The molecule has 2 nitrogen and oxygen atoms in total. The number of rotatable bonds is 3. The maximum absolute atomic E-state index is 6.07. The van der Waals surface area contributed by atoms with E-state index in [0.717, 1.165) is 10.6 Å². The summed E-state index contributed by atoms with van der Waals surface area (Å²) in [5, 5.41) is 0.759. The Morgan fingerprint density at radius 1 is 1.27 bits per heavy atom. The molecule has 1 aromatic carbocycles. The van der Waals surface area contributed by atoms with Crippen LogP contribution in [0.25, 0.3) is 0 Å². The summed E-state index contributed by atoms with van der Waals surface area (Å²) in [7, 11) is 0. The van der Waals surface area contributed by atoms with Crippen molar-refractivity contribution in [1.82, 2.24) is 5.48 Å². The van der Waals surface area contributed by atoms with E-state index in [0.29, 0.717) is 0 Å². The number of hydroxylamine groups is 1. The third-order valence-electron chi connectivity index (χ3n) is 1.91. The highest BCUT2D eigenvalue weighted by Gasteiger charge is 2.14. The van der Waals surface area contributed by atoms with Crippen LogP contribution in [-0.4, -0.2) is 5.60 Å². The van der Waals surface area contributed by atoms with Gasteiger partial charge in [-0.25, -0.2) is 0 Å². The lowest BCUT2D eigenvalue weighted by molar-refractivity contribution is -0.0866. The van der Waals surface area contributed by atoms with Crippen LogP contribution in [0.5, 0.6) is 0 Å². The molecule has 1 aromatic rings.